The third kappa shape index (κ3) is 3.51. The van der Waals surface area contributed by atoms with Crippen molar-refractivity contribution in [2.24, 2.45) is 25.8 Å². The molecule has 1 aliphatic heterocycles. The van der Waals surface area contributed by atoms with Gasteiger partial charge in [0.25, 0.3) is 5.82 Å². The molecule has 1 aromatic carbocycles. The Labute approximate surface area is 139 Å². The number of nitrogens with zero attached hydrogens (tertiary/aromatic N) is 6. The highest BCUT2D eigenvalue weighted by atomic mass is 16.3. The lowest BCUT2D eigenvalue weighted by atomic mass is 9.86. The molecule has 0 N–H and O–H groups in total. The molecule has 120 valence electrons. The van der Waals surface area contributed by atoms with Crippen molar-refractivity contribution >= 4 is 23.2 Å². The van der Waals surface area contributed by atoms with Crippen LogP contribution in [0.2, 0.25) is 0 Å². The molecule has 7 nitrogen and oxygen atoms in total. The molecule has 1 heterocycles. The molecule has 0 saturated carbocycles. The normalized spacial score (nSPS) is 15.5. The van der Waals surface area contributed by atoms with E-state index in [4.69, 9.17) is 6.57 Å². The van der Waals surface area contributed by atoms with E-state index in [1.54, 1.807) is 30.3 Å². The minimum absolute atomic E-state index is 0.00411. The molecule has 0 radical (unpaired) electrons. The van der Waals surface area contributed by atoms with Crippen LogP contribution in [0.15, 0.2) is 62.2 Å². The van der Waals surface area contributed by atoms with Crippen LogP contribution in [0.5, 0.6) is 0 Å². The van der Waals surface area contributed by atoms with Crippen molar-refractivity contribution in [1.82, 2.24) is 0 Å². The first-order valence-corrected chi connectivity index (χ1v) is 7.08. The van der Waals surface area contributed by atoms with E-state index in [-0.39, 0.29) is 16.8 Å². The molecule has 0 aromatic heterocycles. The standard InChI is InChI=1S/C17H15N6O/c1-17(2,3)14-12(10-18)15(21-20-14)22-23-16(19-4)13(24)11-8-6-5-7-9-11/h5-9,24H,1-3H3/q-1/p-1/b16-13-,23-22?. The van der Waals surface area contributed by atoms with Crippen LogP contribution in [0.4, 0.5) is 0 Å². The predicted molar refractivity (Wildman–Crippen MR) is 91.0 cm³/mol. The van der Waals surface area contributed by atoms with Gasteiger partial charge in [0.1, 0.15) is 0 Å². The first kappa shape index (κ1) is 17.0. The third-order valence-electron chi connectivity index (χ3n) is 3.11. The van der Waals surface area contributed by atoms with Crippen molar-refractivity contribution in [2.45, 2.75) is 20.8 Å². The van der Waals surface area contributed by atoms with Crippen LogP contribution < -0.4 is 5.11 Å². The number of rotatable bonds is 2. The molecule has 0 spiro atoms. The van der Waals surface area contributed by atoms with Crippen molar-refractivity contribution in [3.63, 3.8) is 0 Å². The summed E-state index contributed by atoms with van der Waals surface area (Å²) in [6, 6.07) is 8.33. The van der Waals surface area contributed by atoms with E-state index in [9.17, 15) is 10.5 Å². The van der Waals surface area contributed by atoms with Gasteiger partial charge in [-0.3, -0.25) is 5.87 Å². The molecule has 0 fully saturated rings. The number of azo groups is 1. The maximum absolute atomic E-state index is 12.2. The molecule has 0 saturated heterocycles. The second-order valence-electron chi connectivity index (χ2n) is 5.94. The van der Waals surface area contributed by atoms with Gasteiger partial charge in [0.05, 0.1) is 11.3 Å². The van der Waals surface area contributed by atoms with Crippen molar-refractivity contribution < 1.29 is 5.11 Å². The number of amidine groups is 1. The zero-order valence-electron chi connectivity index (χ0n) is 13.5. The van der Waals surface area contributed by atoms with Crippen LogP contribution in [-0.2, 0) is 0 Å². The summed E-state index contributed by atoms with van der Waals surface area (Å²) in [5.41, 5.74) is 0.658. The van der Waals surface area contributed by atoms with Crippen LogP contribution in [0.25, 0.3) is 16.0 Å². The minimum Gasteiger partial charge on any atom is -0.879 e. The monoisotopic (exact) mass is 318 g/mol. The number of hydrogen-bond acceptors (Lipinski definition) is 5. The van der Waals surface area contributed by atoms with Gasteiger partial charge >= 0.3 is 0 Å². The molecule has 7 heteroatoms. The summed E-state index contributed by atoms with van der Waals surface area (Å²) in [4.78, 5) is 3.12. The van der Waals surface area contributed by atoms with Crippen LogP contribution in [0, 0.1) is 12.0 Å². The highest BCUT2D eigenvalue weighted by Gasteiger charge is 2.29. The first-order valence-electron chi connectivity index (χ1n) is 7.08. The summed E-state index contributed by atoms with van der Waals surface area (Å²) in [6.45, 7) is 12.8. The summed E-state index contributed by atoms with van der Waals surface area (Å²) < 4.78 is 0. The average Bonchev–Trinajstić information content (AvgIpc) is 2.99. The van der Waals surface area contributed by atoms with Gasteiger partial charge in [-0.05, 0) is 15.8 Å². The Kier molecular flexibility index (Phi) is 4.83. The van der Waals surface area contributed by atoms with E-state index in [1.165, 1.54) is 0 Å². The summed E-state index contributed by atoms with van der Waals surface area (Å²) in [5, 5.41) is 36.8. The molecule has 0 atom stereocenters. The van der Waals surface area contributed by atoms with E-state index in [0.29, 0.717) is 11.3 Å². The van der Waals surface area contributed by atoms with Gasteiger partial charge in [0.15, 0.2) is 0 Å². The molecular weight excluding hydrogens is 304 g/mol. The highest BCUT2D eigenvalue weighted by Crippen LogP contribution is 2.26. The summed E-state index contributed by atoms with van der Waals surface area (Å²) in [5.74, 6) is 1.07. The van der Waals surface area contributed by atoms with Gasteiger partial charge < -0.3 is 15.4 Å². The molecule has 2 rings (SSSR count). The lowest BCUT2D eigenvalue weighted by molar-refractivity contribution is -0.244. The average molecular weight is 318 g/mol. The van der Waals surface area contributed by atoms with Crippen molar-refractivity contribution in [2.75, 3.05) is 0 Å². The quantitative estimate of drug-likeness (QED) is 0.356. The summed E-state index contributed by atoms with van der Waals surface area (Å²) >= 11 is 0. The van der Waals surface area contributed by atoms with E-state index in [0.717, 1.165) is 0 Å². The Morgan fingerprint density at radius 2 is 1.92 bits per heavy atom. The molecule has 24 heavy (non-hydrogen) atoms. The summed E-state index contributed by atoms with van der Waals surface area (Å²) in [6.07, 6.45) is 0. The van der Waals surface area contributed by atoms with Crippen LogP contribution in [0.1, 0.15) is 26.3 Å². The lowest BCUT2D eigenvalue weighted by Crippen LogP contribution is -2.23. The highest BCUT2D eigenvalue weighted by molar-refractivity contribution is 6.32. The number of benzene rings is 1. The molecule has 0 bridgehead atoms. The maximum Gasteiger partial charge on any atom is 0.288 e. The molecule has 0 aliphatic carbocycles. The number of hydrogen-bond donors (Lipinski definition) is 0. The fourth-order valence-electron chi connectivity index (χ4n) is 1.93. The molecular formula is C17H14N6O-2. The Morgan fingerprint density at radius 1 is 1.25 bits per heavy atom. The van der Waals surface area contributed by atoms with E-state index < -0.39 is 11.6 Å². The summed E-state index contributed by atoms with van der Waals surface area (Å²) in [7, 11) is 0. The Balaban J connectivity index is 2.31. The molecule has 1 aliphatic rings. The van der Waals surface area contributed by atoms with Gasteiger partial charge in [-0.1, -0.05) is 63.4 Å². The van der Waals surface area contributed by atoms with Gasteiger partial charge in [0.2, 0.25) is 5.84 Å². The molecule has 0 amide bonds. The maximum atomic E-state index is 12.2. The second kappa shape index (κ2) is 6.82. The second-order valence-corrected chi connectivity index (χ2v) is 5.94. The van der Waals surface area contributed by atoms with Gasteiger partial charge in [-0.25, -0.2) is 0 Å². The van der Waals surface area contributed by atoms with Crippen LogP contribution in [-0.4, -0.2) is 17.4 Å². The van der Waals surface area contributed by atoms with Gasteiger partial charge in [-0.15, -0.1) is 5.10 Å². The van der Waals surface area contributed by atoms with E-state index in [2.05, 4.69) is 25.3 Å². The zero-order valence-corrected chi connectivity index (χ0v) is 13.5. The fourth-order valence-corrected chi connectivity index (χ4v) is 1.93. The van der Waals surface area contributed by atoms with Crippen molar-refractivity contribution in [3.05, 3.63) is 64.1 Å². The predicted octanol–water partition coefficient (Wildman–Crippen LogP) is 3.02. The Hall–Kier alpha value is -3.36. The van der Waals surface area contributed by atoms with Crippen molar-refractivity contribution in [3.8, 4) is 0 Å². The lowest BCUT2D eigenvalue weighted by Gasteiger charge is -2.18. The largest absolute Gasteiger partial charge is 0.879 e. The minimum atomic E-state index is -0.539. The topological polar surface area (TPSA) is 99.2 Å². The van der Waals surface area contributed by atoms with E-state index in [1.807, 2.05) is 26.6 Å². The third-order valence-corrected chi connectivity index (χ3v) is 3.11. The van der Waals surface area contributed by atoms with Crippen LogP contribution >= 0.6 is 0 Å². The molecule has 1 aromatic rings. The fraction of sp³-hybridized carbons (Fsp3) is 0.235. The smallest absolute Gasteiger partial charge is 0.288 e. The first-order chi connectivity index (χ1) is 11.4. The zero-order chi connectivity index (χ0) is 17.7. The molecule has 0 unspecified atom stereocenters. The SMILES string of the molecule is [C-]#[N+]/C(N=NC1=NN=C(C(C)(C)C)C1=C=[N-])=C(/[O-])c1ccccc1. The van der Waals surface area contributed by atoms with Gasteiger partial charge in [0, 0.05) is 5.41 Å². The Morgan fingerprint density at radius 3 is 2.46 bits per heavy atom. The Bertz CT molecular complexity index is 857. The van der Waals surface area contributed by atoms with Crippen molar-refractivity contribution in [1.29, 1.82) is 0 Å². The van der Waals surface area contributed by atoms with Crippen LogP contribution in [0.3, 0.4) is 0 Å². The van der Waals surface area contributed by atoms with Gasteiger partial charge in [-0.2, -0.15) is 5.10 Å². The van der Waals surface area contributed by atoms with E-state index >= 15 is 0 Å².